The van der Waals surface area contributed by atoms with E-state index < -0.39 is 0 Å². The van der Waals surface area contributed by atoms with Crippen LogP contribution in [-0.4, -0.2) is 9.97 Å². The Bertz CT molecular complexity index is 459. The van der Waals surface area contributed by atoms with Crippen LogP contribution in [0.25, 0.3) is 11.3 Å². The molecular formula is C11H8BrFN2. The molecule has 2 aromatic heterocycles. The topological polar surface area (TPSA) is 25.8 Å². The smallest absolute Gasteiger partial charge is 0.141 e. The van der Waals surface area contributed by atoms with Crippen LogP contribution in [0.2, 0.25) is 0 Å². The molecule has 0 atom stereocenters. The van der Waals surface area contributed by atoms with Gasteiger partial charge in [-0.05, 0) is 23.8 Å². The Kier molecular flexibility index (Phi) is 3.06. The maximum Gasteiger partial charge on any atom is 0.141 e. The predicted octanol–water partition coefficient (Wildman–Crippen LogP) is 3.18. The van der Waals surface area contributed by atoms with Crippen LogP contribution in [0.4, 0.5) is 4.39 Å². The van der Waals surface area contributed by atoms with Gasteiger partial charge in [0.25, 0.3) is 0 Å². The molecule has 2 heterocycles. The van der Waals surface area contributed by atoms with Gasteiger partial charge in [0, 0.05) is 23.3 Å². The first-order chi connectivity index (χ1) is 7.31. The second kappa shape index (κ2) is 4.49. The van der Waals surface area contributed by atoms with E-state index in [2.05, 4.69) is 25.9 Å². The molecule has 0 amide bonds. The third-order valence-corrected chi connectivity index (χ3v) is 2.62. The minimum atomic E-state index is -0.322. The van der Waals surface area contributed by atoms with Gasteiger partial charge in [0.1, 0.15) is 5.82 Å². The molecule has 0 bridgehead atoms. The lowest BCUT2D eigenvalue weighted by Gasteiger charge is -2.05. The fourth-order valence-corrected chi connectivity index (χ4v) is 1.77. The molecule has 0 aromatic carbocycles. The van der Waals surface area contributed by atoms with Gasteiger partial charge in [0.15, 0.2) is 0 Å². The zero-order valence-corrected chi connectivity index (χ0v) is 9.41. The first-order valence-electron chi connectivity index (χ1n) is 4.42. The third-order valence-electron chi connectivity index (χ3n) is 2.01. The van der Waals surface area contributed by atoms with Crippen molar-refractivity contribution in [3.8, 4) is 11.3 Å². The van der Waals surface area contributed by atoms with E-state index in [1.165, 1.54) is 12.3 Å². The largest absolute Gasteiger partial charge is 0.264 e. The van der Waals surface area contributed by atoms with Crippen molar-refractivity contribution in [1.29, 1.82) is 0 Å². The number of rotatable bonds is 2. The summed E-state index contributed by atoms with van der Waals surface area (Å²) in [5, 5.41) is 0.571. The van der Waals surface area contributed by atoms with Gasteiger partial charge in [-0.25, -0.2) is 4.39 Å². The molecule has 0 radical (unpaired) electrons. The zero-order valence-electron chi connectivity index (χ0n) is 7.82. The third kappa shape index (κ3) is 2.21. The Morgan fingerprint density at radius 3 is 2.87 bits per heavy atom. The fraction of sp³-hybridized carbons (Fsp3) is 0.0909. The standard InChI is InChI=1S/C11H8BrFN2/c12-5-9-4-10(13)7-15-11(9)8-2-1-3-14-6-8/h1-4,6-7H,5H2. The van der Waals surface area contributed by atoms with E-state index in [9.17, 15) is 4.39 Å². The fourth-order valence-electron chi connectivity index (χ4n) is 1.35. The first kappa shape index (κ1) is 10.2. The zero-order chi connectivity index (χ0) is 10.7. The quantitative estimate of drug-likeness (QED) is 0.781. The summed E-state index contributed by atoms with van der Waals surface area (Å²) < 4.78 is 13.0. The van der Waals surface area contributed by atoms with Crippen LogP contribution in [0.1, 0.15) is 5.56 Å². The summed E-state index contributed by atoms with van der Waals surface area (Å²) in [6, 6.07) is 5.21. The van der Waals surface area contributed by atoms with Crippen LogP contribution in [0.15, 0.2) is 36.8 Å². The molecule has 0 saturated carbocycles. The van der Waals surface area contributed by atoms with Gasteiger partial charge < -0.3 is 0 Å². The van der Waals surface area contributed by atoms with Crippen molar-refractivity contribution in [3.05, 3.63) is 48.2 Å². The van der Waals surface area contributed by atoms with Gasteiger partial charge >= 0.3 is 0 Å². The predicted molar refractivity (Wildman–Crippen MR) is 60.1 cm³/mol. The van der Waals surface area contributed by atoms with Crippen molar-refractivity contribution < 1.29 is 4.39 Å². The molecule has 0 spiro atoms. The molecule has 2 aromatic rings. The lowest BCUT2D eigenvalue weighted by Crippen LogP contribution is -1.92. The highest BCUT2D eigenvalue weighted by atomic mass is 79.9. The van der Waals surface area contributed by atoms with Crippen LogP contribution in [0, 0.1) is 5.82 Å². The molecular weight excluding hydrogens is 259 g/mol. The summed E-state index contributed by atoms with van der Waals surface area (Å²) in [5.41, 5.74) is 2.48. The molecule has 0 unspecified atom stereocenters. The number of hydrogen-bond acceptors (Lipinski definition) is 2. The molecule has 0 fully saturated rings. The van der Waals surface area contributed by atoms with E-state index in [1.54, 1.807) is 12.4 Å². The van der Waals surface area contributed by atoms with Crippen molar-refractivity contribution in [1.82, 2.24) is 9.97 Å². The number of aromatic nitrogens is 2. The number of nitrogens with zero attached hydrogens (tertiary/aromatic N) is 2. The summed E-state index contributed by atoms with van der Waals surface area (Å²) in [4.78, 5) is 8.08. The van der Waals surface area contributed by atoms with Gasteiger partial charge in [0.05, 0.1) is 11.9 Å². The lowest BCUT2D eigenvalue weighted by atomic mass is 10.1. The van der Waals surface area contributed by atoms with E-state index in [-0.39, 0.29) is 5.82 Å². The Morgan fingerprint density at radius 1 is 1.33 bits per heavy atom. The van der Waals surface area contributed by atoms with Gasteiger partial charge in [0.2, 0.25) is 0 Å². The normalized spacial score (nSPS) is 10.3. The van der Waals surface area contributed by atoms with Crippen molar-refractivity contribution in [2.75, 3.05) is 0 Å². The average Bonchev–Trinajstić information content (AvgIpc) is 2.30. The highest BCUT2D eigenvalue weighted by Gasteiger charge is 2.06. The van der Waals surface area contributed by atoms with E-state index in [0.717, 1.165) is 16.8 Å². The van der Waals surface area contributed by atoms with Gasteiger partial charge in [-0.2, -0.15) is 0 Å². The maximum absolute atomic E-state index is 13.0. The molecule has 2 nitrogen and oxygen atoms in total. The average molecular weight is 267 g/mol. The van der Waals surface area contributed by atoms with Crippen molar-refractivity contribution in [2.24, 2.45) is 0 Å². The first-order valence-corrected chi connectivity index (χ1v) is 5.54. The number of halogens is 2. The van der Waals surface area contributed by atoms with Crippen molar-refractivity contribution >= 4 is 15.9 Å². The Balaban J connectivity index is 2.53. The second-order valence-corrected chi connectivity index (χ2v) is 3.60. The van der Waals surface area contributed by atoms with Gasteiger partial charge in [-0.3, -0.25) is 9.97 Å². The molecule has 2 rings (SSSR count). The van der Waals surface area contributed by atoms with E-state index in [1.807, 2.05) is 12.1 Å². The summed E-state index contributed by atoms with van der Waals surface area (Å²) in [6.45, 7) is 0. The maximum atomic E-state index is 13.0. The number of hydrogen-bond donors (Lipinski definition) is 0. The van der Waals surface area contributed by atoms with E-state index >= 15 is 0 Å². The molecule has 0 aliphatic heterocycles. The van der Waals surface area contributed by atoms with E-state index in [4.69, 9.17) is 0 Å². The van der Waals surface area contributed by atoms with Crippen LogP contribution < -0.4 is 0 Å². The summed E-state index contributed by atoms with van der Waals surface area (Å²) in [5.74, 6) is -0.322. The van der Waals surface area contributed by atoms with Crippen LogP contribution in [0.3, 0.4) is 0 Å². The summed E-state index contributed by atoms with van der Waals surface area (Å²) in [6.07, 6.45) is 4.63. The Labute approximate surface area is 95.3 Å². The molecule has 15 heavy (non-hydrogen) atoms. The molecule has 0 N–H and O–H groups in total. The lowest BCUT2D eigenvalue weighted by molar-refractivity contribution is 0.620. The summed E-state index contributed by atoms with van der Waals surface area (Å²) in [7, 11) is 0. The van der Waals surface area contributed by atoms with Crippen LogP contribution >= 0.6 is 15.9 Å². The molecule has 76 valence electrons. The van der Waals surface area contributed by atoms with Crippen molar-refractivity contribution in [3.63, 3.8) is 0 Å². The van der Waals surface area contributed by atoms with Crippen molar-refractivity contribution in [2.45, 2.75) is 5.33 Å². The van der Waals surface area contributed by atoms with Gasteiger partial charge in [-0.15, -0.1) is 0 Å². The van der Waals surface area contributed by atoms with Crippen LogP contribution in [-0.2, 0) is 5.33 Å². The van der Waals surface area contributed by atoms with Crippen LogP contribution in [0.5, 0.6) is 0 Å². The van der Waals surface area contributed by atoms with Gasteiger partial charge in [-0.1, -0.05) is 15.9 Å². The highest BCUT2D eigenvalue weighted by Crippen LogP contribution is 2.22. The molecule has 0 saturated heterocycles. The Hall–Kier alpha value is -1.29. The number of pyridine rings is 2. The highest BCUT2D eigenvalue weighted by molar-refractivity contribution is 9.08. The minimum absolute atomic E-state index is 0.322. The minimum Gasteiger partial charge on any atom is -0.264 e. The molecule has 0 aliphatic rings. The van der Waals surface area contributed by atoms with E-state index in [0.29, 0.717) is 5.33 Å². The second-order valence-electron chi connectivity index (χ2n) is 3.04. The number of alkyl halides is 1. The SMILES string of the molecule is Fc1cnc(-c2cccnc2)c(CBr)c1. The monoisotopic (exact) mass is 266 g/mol. The Morgan fingerprint density at radius 2 is 2.20 bits per heavy atom. The molecule has 0 aliphatic carbocycles. The molecule has 4 heteroatoms. The summed E-state index contributed by atoms with van der Waals surface area (Å²) >= 11 is 3.31.